The largest absolute Gasteiger partial charge is 0.391 e. The van der Waals surface area contributed by atoms with Crippen LogP contribution in [0.1, 0.15) is 65.2 Å². The molecule has 2 saturated carbocycles. The van der Waals surface area contributed by atoms with Gasteiger partial charge >= 0.3 is 0 Å². The summed E-state index contributed by atoms with van der Waals surface area (Å²) in [6.07, 6.45) is 10.1. The fourth-order valence-electron chi connectivity index (χ4n) is 4.00. The minimum absolute atomic E-state index is 0.0879. The molecule has 0 aromatic carbocycles. The number of hydrogen-bond acceptors (Lipinski definition) is 2. The molecule has 3 atom stereocenters. The van der Waals surface area contributed by atoms with Crippen molar-refractivity contribution < 1.29 is 5.11 Å². The molecule has 0 amide bonds. The molecule has 0 spiro atoms. The standard InChI is InChI=1S/C16H31NO/c1-4-13-6-8-14(9-7-13)17(3)15-11-12(2)5-10-16(15)18/h12-16,18H,4-11H2,1-3H3. The first kappa shape index (κ1) is 14.3. The van der Waals surface area contributed by atoms with Crippen LogP contribution < -0.4 is 0 Å². The van der Waals surface area contributed by atoms with E-state index in [0.717, 1.165) is 24.3 Å². The highest BCUT2D eigenvalue weighted by atomic mass is 16.3. The van der Waals surface area contributed by atoms with Crippen LogP contribution in [0.2, 0.25) is 0 Å². The molecule has 0 saturated heterocycles. The summed E-state index contributed by atoms with van der Waals surface area (Å²) in [5.74, 6) is 1.75. The van der Waals surface area contributed by atoms with E-state index in [0.29, 0.717) is 6.04 Å². The highest BCUT2D eigenvalue weighted by Crippen LogP contribution is 2.33. The van der Waals surface area contributed by atoms with Gasteiger partial charge in [-0.15, -0.1) is 0 Å². The van der Waals surface area contributed by atoms with Crippen LogP contribution in [-0.4, -0.2) is 35.2 Å². The second-order valence-electron chi connectivity index (χ2n) is 6.80. The van der Waals surface area contributed by atoms with Gasteiger partial charge < -0.3 is 5.11 Å². The van der Waals surface area contributed by atoms with Crippen molar-refractivity contribution in [3.8, 4) is 0 Å². The summed E-state index contributed by atoms with van der Waals surface area (Å²) in [6, 6.07) is 1.13. The zero-order chi connectivity index (χ0) is 13.1. The summed E-state index contributed by atoms with van der Waals surface area (Å²) < 4.78 is 0. The molecule has 18 heavy (non-hydrogen) atoms. The molecule has 2 aliphatic rings. The third kappa shape index (κ3) is 3.27. The van der Waals surface area contributed by atoms with Gasteiger partial charge in [-0.2, -0.15) is 0 Å². The first-order valence-corrected chi connectivity index (χ1v) is 8.01. The van der Waals surface area contributed by atoms with Gasteiger partial charge in [-0.25, -0.2) is 0 Å². The van der Waals surface area contributed by atoms with E-state index in [2.05, 4.69) is 25.8 Å². The van der Waals surface area contributed by atoms with Gasteiger partial charge in [0.05, 0.1) is 6.10 Å². The van der Waals surface area contributed by atoms with Crippen molar-refractivity contribution >= 4 is 0 Å². The van der Waals surface area contributed by atoms with Crippen molar-refractivity contribution in [2.75, 3.05) is 7.05 Å². The minimum Gasteiger partial charge on any atom is -0.391 e. The molecule has 0 aromatic heterocycles. The Labute approximate surface area is 113 Å². The van der Waals surface area contributed by atoms with Crippen LogP contribution in [0.15, 0.2) is 0 Å². The predicted molar refractivity (Wildman–Crippen MR) is 76.6 cm³/mol. The van der Waals surface area contributed by atoms with Gasteiger partial charge in [0.25, 0.3) is 0 Å². The molecule has 2 aliphatic carbocycles. The van der Waals surface area contributed by atoms with E-state index in [-0.39, 0.29) is 6.10 Å². The lowest BCUT2D eigenvalue weighted by Crippen LogP contribution is -2.50. The van der Waals surface area contributed by atoms with Crippen molar-refractivity contribution in [2.24, 2.45) is 11.8 Å². The molecule has 2 nitrogen and oxygen atoms in total. The van der Waals surface area contributed by atoms with Crippen molar-refractivity contribution in [3.05, 3.63) is 0 Å². The quantitative estimate of drug-likeness (QED) is 0.833. The van der Waals surface area contributed by atoms with Gasteiger partial charge in [0.15, 0.2) is 0 Å². The molecule has 2 rings (SSSR count). The lowest BCUT2D eigenvalue weighted by atomic mass is 9.80. The van der Waals surface area contributed by atoms with E-state index in [9.17, 15) is 5.11 Å². The molecule has 0 bridgehead atoms. The summed E-state index contributed by atoms with van der Waals surface area (Å²) in [5.41, 5.74) is 0. The Bertz CT molecular complexity index is 247. The third-order valence-corrected chi connectivity index (χ3v) is 5.54. The smallest absolute Gasteiger partial charge is 0.0695 e. The maximum Gasteiger partial charge on any atom is 0.0695 e. The molecule has 0 aromatic rings. The van der Waals surface area contributed by atoms with Crippen molar-refractivity contribution in [2.45, 2.75) is 83.4 Å². The lowest BCUT2D eigenvalue weighted by molar-refractivity contribution is -0.0106. The number of likely N-dealkylation sites (N-methyl/N-ethyl adjacent to an activating group) is 1. The zero-order valence-electron chi connectivity index (χ0n) is 12.4. The van der Waals surface area contributed by atoms with E-state index >= 15 is 0 Å². The molecule has 106 valence electrons. The Hall–Kier alpha value is -0.0800. The number of hydrogen-bond donors (Lipinski definition) is 1. The predicted octanol–water partition coefficient (Wildman–Crippen LogP) is 3.44. The number of nitrogens with zero attached hydrogens (tertiary/aromatic N) is 1. The normalized spacial score (nSPS) is 42.2. The fraction of sp³-hybridized carbons (Fsp3) is 1.00. The summed E-state index contributed by atoms with van der Waals surface area (Å²) in [4.78, 5) is 2.52. The van der Waals surface area contributed by atoms with Gasteiger partial charge in [-0.3, -0.25) is 4.90 Å². The molecule has 3 unspecified atom stereocenters. The molecule has 1 N–H and O–H groups in total. The second-order valence-corrected chi connectivity index (χ2v) is 6.80. The first-order valence-electron chi connectivity index (χ1n) is 8.01. The average Bonchev–Trinajstić information content (AvgIpc) is 2.41. The van der Waals surface area contributed by atoms with Crippen LogP contribution in [0.3, 0.4) is 0 Å². The van der Waals surface area contributed by atoms with E-state index in [1.165, 1.54) is 44.9 Å². The van der Waals surface area contributed by atoms with Gasteiger partial charge in [0, 0.05) is 12.1 Å². The maximum atomic E-state index is 10.2. The molecule has 0 aliphatic heterocycles. The first-order chi connectivity index (χ1) is 8.61. The highest BCUT2D eigenvalue weighted by Gasteiger charge is 2.34. The van der Waals surface area contributed by atoms with Crippen molar-refractivity contribution in [1.29, 1.82) is 0 Å². The molecular weight excluding hydrogens is 222 g/mol. The fourth-order valence-corrected chi connectivity index (χ4v) is 4.00. The Morgan fingerprint density at radius 3 is 2.33 bits per heavy atom. The monoisotopic (exact) mass is 253 g/mol. The van der Waals surface area contributed by atoms with E-state index in [4.69, 9.17) is 0 Å². The zero-order valence-corrected chi connectivity index (χ0v) is 12.4. The molecule has 0 radical (unpaired) electrons. The minimum atomic E-state index is -0.0879. The van der Waals surface area contributed by atoms with Crippen LogP contribution in [0, 0.1) is 11.8 Å². The Kier molecular flexibility index (Phi) is 5.08. The number of rotatable bonds is 3. The summed E-state index contributed by atoms with van der Waals surface area (Å²) >= 11 is 0. The van der Waals surface area contributed by atoms with Gasteiger partial charge in [0.2, 0.25) is 0 Å². The lowest BCUT2D eigenvalue weighted by Gasteiger charge is -2.44. The molecule has 2 heteroatoms. The number of aliphatic hydroxyl groups excluding tert-OH is 1. The summed E-state index contributed by atoms with van der Waals surface area (Å²) in [5, 5.41) is 10.2. The van der Waals surface area contributed by atoms with Crippen LogP contribution in [-0.2, 0) is 0 Å². The van der Waals surface area contributed by atoms with Crippen molar-refractivity contribution in [3.63, 3.8) is 0 Å². The number of aliphatic hydroxyl groups is 1. The van der Waals surface area contributed by atoms with E-state index < -0.39 is 0 Å². The SMILES string of the molecule is CCC1CCC(N(C)C2CC(C)CCC2O)CC1. The summed E-state index contributed by atoms with van der Waals surface area (Å²) in [7, 11) is 2.25. The van der Waals surface area contributed by atoms with Crippen LogP contribution in [0.5, 0.6) is 0 Å². The van der Waals surface area contributed by atoms with Crippen LogP contribution >= 0.6 is 0 Å². The topological polar surface area (TPSA) is 23.5 Å². The van der Waals surface area contributed by atoms with Gasteiger partial charge in [0.1, 0.15) is 0 Å². The average molecular weight is 253 g/mol. The molecular formula is C16H31NO. The van der Waals surface area contributed by atoms with Crippen LogP contribution in [0.25, 0.3) is 0 Å². The second kappa shape index (κ2) is 6.38. The van der Waals surface area contributed by atoms with Crippen LogP contribution in [0.4, 0.5) is 0 Å². The van der Waals surface area contributed by atoms with Crippen molar-refractivity contribution in [1.82, 2.24) is 4.90 Å². The highest BCUT2D eigenvalue weighted by molar-refractivity contribution is 4.89. The van der Waals surface area contributed by atoms with Gasteiger partial charge in [-0.05, 0) is 63.8 Å². The van der Waals surface area contributed by atoms with E-state index in [1.54, 1.807) is 0 Å². The van der Waals surface area contributed by atoms with Gasteiger partial charge in [-0.1, -0.05) is 20.3 Å². The summed E-state index contributed by atoms with van der Waals surface area (Å²) in [6.45, 7) is 4.65. The Morgan fingerprint density at radius 1 is 1.06 bits per heavy atom. The Balaban J connectivity index is 1.88. The molecule has 0 heterocycles. The molecule has 2 fully saturated rings. The maximum absolute atomic E-state index is 10.2. The Morgan fingerprint density at radius 2 is 1.72 bits per heavy atom. The van der Waals surface area contributed by atoms with E-state index in [1.807, 2.05) is 0 Å². The third-order valence-electron chi connectivity index (χ3n) is 5.54.